The Bertz CT molecular complexity index is 625. The topological polar surface area (TPSA) is 75.1 Å². The quantitative estimate of drug-likeness (QED) is 0.893. The van der Waals surface area contributed by atoms with E-state index >= 15 is 0 Å². The van der Waals surface area contributed by atoms with Crippen LogP contribution in [0.15, 0.2) is 36.4 Å². The number of carbonyl (C=O) groups is 1. The smallest absolute Gasteiger partial charge is 0.356 e. The van der Waals surface area contributed by atoms with E-state index in [4.69, 9.17) is 5.11 Å². The Hall–Kier alpha value is -2.43. The molecule has 1 aromatic carbocycles. The molecular formula is C15H15N3O2. The molecular weight excluding hydrogens is 254 g/mol. The van der Waals surface area contributed by atoms with Crippen molar-refractivity contribution in [2.75, 3.05) is 5.32 Å². The molecule has 0 saturated carbocycles. The predicted molar refractivity (Wildman–Crippen MR) is 74.9 cm³/mol. The van der Waals surface area contributed by atoms with Gasteiger partial charge in [-0.15, -0.1) is 10.2 Å². The summed E-state index contributed by atoms with van der Waals surface area (Å²) in [7, 11) is 0. The van der Waals surface area contributed by atoms with E-state index in [1.165, 1.54) is 17.2 Å². The largest absolute Gasteiger partial charge is 0.476 e. The third kappa shape index (κ3) is 2.61. The maximum absolute atomic E-state index is 10.7. The zero-order valence-corrected chi connectivity index (χ0v) is 10.9. The summed E-state index contributed by atoms with van der Waals surface area (Å²) in [6.07, 6.45) is 3.05. The fourth-order valence-electron chi connectivity index (χ4n) is 2.55. The van der Waals surface area contributed by atoms with Gasteiger partial charge in [0.15, 0.2) is 5.69 Å². The van der Waals surface area contributed by atoms with Gasteiger partial charge in [-0.25, -0.2) is 4.79 Å². The predicted octanol–water partition coefficient (Wildman–Crippen LogP) is 2.14. The third-order valence-electron chi connectivity index (χ3n) is 3.58. The van der Waals surface area contributed by atoms with Crippen LogP contribution in [0.4, 0.5) is 5.82 Å². The first kappa shape index (κ1) is 12.6. The summed E-state index contributed by atoms with van der Waals surface area (Å²) in [5.41, 5.74) is 2.74. The lowest BCUT2D eigenvalue weighted by atomic mass is 9.88. The Morgan fingerprint density at radius 2 is 1.95 bits per heavy atom. The van der Waals surface area contributed by atoms with Crippen molar-refractivity contribution >= 4 is 11.8 Å². The maximum atomic E-state index is 10.7. The van der Waals surface area contributed by atoms with Crippen LogP contribution in [0.25, 0.3) is 0 Å². The Kier molecular flexibility index (Phi) is 3.33. The number of anilines is 1. The second kappa shape index (κ2) is 5.28. The summed E-state index contributed by atoms with van der Waals surface area (Å²) in [5.74, 6) is -0.435. The molecule has 20 heavy (non-hydrogen) atoms. The summed E-state index contributed by atoms with van der Waals surface area (Å²) < 4.78 is 0. The van der Waals surface area contributed by atoms with Crippen LogP contribution in [0.2, 0.25) is 0 Å². The van der Waals surface area contributed by atoms with E-state index in [0.717, 1.165) is 19.3 Å². The lowest BCUT2D eigenvalue weighted by Gasteiger charge is -2.25. The minimum Gasteiger partial charge on any atom is -0.476 e. The number of aromatic nitrogens is 2. The highest BCUT2D eigenvalue weighted by atomic mass is 16.4. The molecule has 102 valence electrons. The fourth-order valence-corrected chi connectivity index (χ4v) is 2.55. The molecule has 0 saturated heterocycles. The molecule has 1 aliphatic rings. The van der Waals surface area contributed by atoms with Gasteiger partial charge in [-0.1, -0.05) is 24.3 Å². The highest BCUT2D eigenvalue weighted by Gasteiger charge is 2.18. The van der Waals surface area contributed by atoms with Crippen LogP contribution in [0.5, 0.6) is 0 Å². The number of rotatable bonds is 3. The van der Waals surface area contributed by atoms with Crippen LogP contribution in [-0.4, -0.2) is 27.3 Å². The lowest BCUT2D eigenvalue weighted by Crippen LogP contribution is -2.27. The molecule has 0 fully saturated rings. The highest BCUT2D eigenvalue weighted by Crippen LogP contribution is 2.22. The molecule has 5 heteroatoms. The van der Waals surface area contributed by atoms with Crippen LogP contribution in [-0.2, 0) is 12.8 Å². The van der Waals surface area contributed by atoms with Gasteiger partial charge in [-0.05, 0) is 42.5 Å². The van der Waals surface area contributed by atoms with Crippen molar-refractivity contribution < 1.29 is 9.90 Å². The van der Waals surface area contributed by atoms with E-state index in [9.17, 15) is 4.79 Å². The van der Waals surface area contributed by atoms with Crippen molar-refractivity contribution in [3.63, 3.8) is 0 Å². The molecule has 2 aromatic rings. The summed E-state index contributed by atoms with van der Waals surface area (Å²) in [4.78, 5) is 10.7. The van der Waals surface area contributed by atoms with E-state index in [2.05, 4.69) is 39.8 Å². The second-order valence-electron chi connectivity index (χ2n) is 4.96. The number of aryl methyl sites for hydroxylation is 1. The molecule has 0 radical (unpaired) electrons. The number of hydrogen-bond donors (Lipinski definition) is 2. The third-order valence-corrected chi connectivity index (χ3v) is 3.58. The molecule has 1 unspecified atom stereocenters. The number of benzene rings is 1. The van der Waals surface area contributed by atoms with Crippen molar-refractivity contribution in [3.05, 3.63) is 53.2 Å². The van der Waals surface area contributed by atoms with E-state index < -0.39 is 5.97 Å². The van der Waals surface area contributed by atoms with Gasteiger partial charge in [0.1, 0.15) is 5.82 Å². The summed E-state index contributed by atoms with van der Waals surface area (Å²) in [6, 6.07) is 11.9. The van der Waals surface area contributed by atoms with Crippen molar-refractivity contribution in [1.82, 2.24) is 10.2 Å². The van der Waals surface area contributed by atoms with Crippen molar-refractivity contribution in [2.45, 2.75) is 25.3 Å². The molecule has 0 aliphatic heterocycles. The molecule has 1 heterocycles. The van der Waals surface area contributed by atoms with E-state index in [-0.39, 0.29) is 5.69 Å². The van der Waals surface area contributed by atoms with E-state index in [0.29, 0.717) is 11.9 Å². The molecule has 0 bridgehead atoms. The highest BCUT2D eigenvalue weighted by molar-refractivity contribution is 5.85. The standard InChI is InChI=1S/C15H15N3O2/c19-15(20)13-7-8-14(18-17-13)16-12-6-5-10-3-1-2-4-11(10)9-12/h1-4,7-8,12H,5-6,9H2,(H,16,18)(H,19,20). The number of fused-ring (bicyclic) bond motifs is 1. The molecule has 1 aromatic heterocycles. The molecule has 0 spiro atoms. The summed E-state index contributed by atoms with van der Waals surface area (Å²) in [5, 5.41) is 19.7. The monoisotopic (exact) mass is 269 g/mol. The Balaban J connectivity index is 1.69. The van der Waals surface area contributed by atoms with Crippen LogP contribution in [0, 0.1) is 0 Å². The Morgan fingerprint density at radius 3 is 2.65 bits per heavy atom. The fraction of sp³-hybridized carbons (Fsp3) is 0.267. The van der Waals surface area contributed by atoms with Crippen LogP contribution < -0.4 is 5.32 Å². The molecule has 5 nitrogen and oxygen atoms in total. The maximum Gasteiger partial charge on any atom is 0.356 e. The number of nitrogens with one attached hydrogen (secondary N) is 1. The van der Waals surface area contributed by atoms with Crippen LogP contribution in [0.3, 0.4) is 0 Å². The first-order valence-corrected chi connectivity index (χ1v) is 6.63. The minimum absolute atomic E-state index is 0.0375. The molecule has 0 amide bonds. The van der Waals surface area contributed by atoms with Crippen LogP contribution in [0.1, 0.15) is 28.0 Å². The Labute approximate surface area is 116 Å². The molecule has 2 N–H and O–H groups in total. The van der Waals surface area contributed by atoms with Crippen molar-refractivity contribution in [3.8, 4) is 0 Å². The van der Waals surface area contributed by atoms with Gasteiger partial charge >= 0.3 is 5.97 Å². The lowest BCUT2D eigenvalue weighted by molar-refractivity contribution is 0.0689. The average molecular weight is 269 g/mol. The SMILES string of the molecule is O=C(O)c1ccc(NC2CCc3ccccc3C2)nn1. The molecule has 1 aliphatic carbocycles. The number of carboxylic acid groups (broad SMARTS) is 1. The van der Waals surface area contributed by atoms with Crippen LogP contribution >= 0.6 is 0 Å². The van der Waals surface area contributed by atoms with Gasteiger partial charge in [0.2, 0.25) is 0 Å². The number of nitrogens with zero attached hydrogens (tertiary/aromatic N) is 2. The van der Waals surface area contributed by atoms with Gasteiger partial charge < -0.3 is 10.4 Å². The zero-order chi connectivity index (χ0) is 13.9. The normalized spacial score (nSPS) is 17.3. The zero-order valence-electron chi connectivity index (χ0n) is 10.9. The van der Waals surface area contributed by atoms with E-state index in [1.54, 1.807) is 6.07 Å². The average Bonchev–Trinajstić information content (AvgIpc) is 2.48. The first-order chi connectivity index (χ1) is 9.72. The van der Waals surface area contributed by atoms with E-state index in [1.807, 2.05) is 0 Å². The van der Waals surface area contributed by atoms with Gasteiger partial charge in [0.05, 0.1) is 0 Å². The summed E-state index contributed by atoms with van der Waals surface area (Å²) >= 11 is 0. The molecule has 1 atom stereocenters. The first-order valence-electron chi connectivity index (χ1n) is 6.63. The van der Waals surface area contributed by atoms with Gasteiger partial charge in [0.25, 0.3) is 0 Å². The number of hydrogen-bond acceptors (Lipinski definition) is 4. The van der Waals surface area contributed by atoms with Gasteiger partial charge in [0, 0.05) is 6.04 Å². The second-order valence-corrected chi connectivity index (χ2v) is 4.96. The Morgan fingerprint density at radius 1 is 1.15 bits per heavy atom. The minimum atomic E-state index is -1.06. The van der Waals surface area contributed by atoms with Crippen molar-refractivity contribution in [2.24, 2.45) is 0 Å². The van der Waals surface area contributed by atoms with Gasteiger partial charge in [-0.2, -0.15) is 0 Å². The van der Waals surface area contributed by atoms with Gasteiger partial charge in [-0.3, -0.25) is 0 Å². The number of carboxylic acids is 1. The summed E-state index contributed by atoms with van der Waals surface area (Å²) in [6.45, 7) is 0. The molecule has 3 rings (SSSR count). The number of aromatic carboxylic acids is 1. The van der Waals surface area contributed by atoms with Crippen molar-refractivity contribution in [1.29, 1.82) is 0 Å².